The SMILES string of the molecule is COc1cccc(C(c2ccccc2)(c2ccccc2)C(O)CSS)c1OC. The Hall–Kier alpha value is -2.08. The van der Waals surface area contributed by atoms with Crippen LogP contribution in [0.2, 0.25) is 0 Å². The number of methoxy groups -OCH3 is 2. The molecule has 28 heavy (non-hydrogen) atoms. The van der Waals surface area contributed by atoms with Gasteiger partial charge >= 0.3 is 0 Å². The molecular formula is C23H24O3S2. The van der Waals surface area contributed by atoms with Gasteiger partial charge in [-0.25, -0.2) is 0 Å². The third kappa shape index (κ3) is 3.62. The Morgan fingerprint density at radius 1 is 0.857 bits per heavy atom. The number of aliphatic hydroxyl groups is 1. The lowest BCUT2D eigenvalue weighted by Gasteiger charge is -2.40. The van der Waals surface area contributed by atoms with Crippen LogP contribution in [0.1, 0.15) is 16.7 Å². The summed E-state index contributed by atoms with van der Waals surface area (Å²) in [5, 5.41) is 11.5. The zero-order valence-corrected chi connectivity index (χ0v) is 17.6. The number of thiol groups is 1. The Kier molecular flexibility index (Phi) is 6.94. The highest BCUT2D eigenvalue weighted by molar-refractivity contribution is 8.68. The van der Waals surface area contributed by atoms with Gasteiger partial charge in [-0.3, -0.25) is 0 Å². The first-order valence-electron chi connectivity index (χ1n) is 8.97. The van der Waals surface area contributed by atoms with Crippen molar-refractivity contribution in [1.82, 2.24) is 0 Å². The van der Waals surface area contributed by atoms with Crippen molar-refractivity contribution in [3.8, 4) is 11.5 Å². The molecule has 1 unspecified atom stereocenters. The summed E-state index contributed by atoms with van der Waals surface area (Å²) in [5.41, 5.74) is 1.95. The van der Waals surface area contributed by atoms with Gasteiger partial charge in [-0.1, -0.05) is 83.6 Å². The van der Waals surface area contributed by atoms with Gasteiger partial charge in [0.2, 0.25) is 0 Å². The molecule has 0 heterocycles. The highest BCUT2D eigenvalue weighted by atomic mass is 33.1. The molecule has 0 fully saturated rings. The first kappa shape index (κ1) is 20.6. The van der Waals surface area contributed by atoms with Crippen molar-refractivity contribution in [3.63, 3.8) is 0 Å². The predicted molar refractivity (Wildman–Crippen MR) is 120 cm³/mol. The monoisotopic (exact) mass is 412 g/mol. The van der Waals surface area contributed by atoms with Gasteiger partial charge in [0.25, 0.3) is 0 Å². The predicted octanol–water partition coefficient (Wildman–Crippen LogP) is 4.98. The molecule has 0 aliphatic heterocycles. The fraction of sp³-hybridized carbons (Fsp3) is 0.217. The second-order valence-corrected chi connectivity index (χ2v) is 7.76. The summed E-state index contributed by atoms with van der Waals surface area (Å²) >= 11 is 4.32. The topological polar surface area (TPSA) is 38.7 Å². The van der Waals surface area contributed by atoms with Crippen LogP contribution in [0.4, 0.5) is 0 Å². The van der Waals surface area contributed by atoms with Crippen LogP contribution in [-0.4, -0.2) is 31.2 Å². The summed E-state index contributed by atoms with van der Waals surface area (Å²) in [6, 6.07) is 25.8. The molecule has 0 aromatic heterocycles. The molecular weight excluding hydrogens is 388 g/mol. The molecule has 5 heteroatoms. The largest absolute Gasteiger partial charge is 0.493 e. The molecule has 1 N–H and O–H groups in total. The fourth-order valence-corrected chi connectivity index (χ4v) is 4.65. The third-order valence-corrected chi connectivity index (χ3v) is 5.93. The molecule has 3 nitrogen and oxygen atoms in total. The Morgan fingerprint density at radius 2 is 1.43 bits per heavy atom. The van der Waals surface area contributed by atoms with Gasteiger partial charge < -0.3 is 14.6 Å². The van der Waals surface area contributed by atoms with Crippen LogP contribution in [0.25, 0.3) is 0 Å². The van der Waals surface area contributed by atoms with Crippen LogP contribution in [0.3, 0.4) is 0 Å². The Balaban J connectivity index is 2.44. The van der Waals surface area contributed by atoms with Crippen molar-refractivity contribution in [3.05, 3.63) is 95.6 Å². The summed E-state index contributed by atoms with van der Waals surface area (Å²) in [5.74, 6) is 1.68. The first-order valence-corrected chi connectivity index (χ1v) is 11.0. The number of para-hydroxylation sites is 1. The lowest BCUT2D eigenvalue weighted by molar-refractivity contribution is 0.142. The molecule has 0 spiro atoms. The van der Waals surface area contributed by atoms with Crippen molar-refractivity contribution >= 4 is 22.5 Å². The standard InChI is InChI=1S/C23H24O3S2/c1-25-20-15-9-14-19(22(20)26-2)23(21(24)16-28-27,17-10-5-3-6-11-17)18-12-7-4-8-13-18/h3-15,21,24,27H,16H2,1-2H3. The smallest absolute Gasteiger partial charge is 0.165 e. The number of hydrogen-bond acceptors (Lipinski definition) is 5. The van der Waals surface area contributed by atoms with E-state index < -0.39 is 11.5 Å². The van der Waals surface area contributed by atoms with E-state index in [2.05, 4.69) is 11.7 Å². The summed E-state index contributed by atoms with van der Waals surface area (Å²) in [4.78, 5) is 0. The number of rotatable bonds is 8. The molecule has 3 rings (SSSR count). The van der Waals surface area contributed by atoms with Gasteiger partial charge in [-0.15, -0.1) is 11.7 Å². The summed E-state index contributed by atoms with van der Waals surface area (Å²) < 4.78 is 11.3. The average Bonchev–Trinajstić information content (AvgIpc) is 2.76. The molecule has 0 saturated heterocycles. The highest BCUT2D eigenvalue weighted by Gasteiger charge is 2.45. The van der Waals surface area contributed by atoms with Crippen molar-refractivity contribution in [2.45, 2.75) is 11.5 Å². The van der Waals surface area contributed by atoms with Gasteiger partial charge in [0.1, 0.15) is 0 Å². The molecule has 0 bridgehead atoms. The van der Waals surface area contributed by atoms with Crippen molar-refractivity contribution in [2.24, 2.45) is 0 Å². The average molecular weight is 413 g/mol. The highest BCUT2D eigenvalue weighted by Crippen LogP contribution is 2.49. The number of ether oxygens (including phenoxy) is 2. The Bertz CT molecular complexity index is 845. The number of benzene rings is 3. The van der Waals surface area contributed by atoms with Crippen LogP contribution in [-0.2, 0) is 5.41 Å². The van der Waals surface area contributed by atoms with E-state index in [4.69, 9.17) is 9.47 Å². The second-order valence-electron chi connectivity index (χ2n) is 6.39. The maximum absolute atomic E-state index is 11.5. The molecule has 1 atom stereocenters. The van der Waals surface area contributed by atoms with Gasteiger partial charge in [0, 0.05) is 11.3 Å². The van der Waals surface area contributed by atoms with Crippen LogP contribution >= 0.6 is 22.5 Å². The summed E-state index contributed by atoms with van der Waals surface area (Å²) in [6.45, 7) is 0. The molecule has 3 aromatic rings. The Morgan fingerprint density at radius 3 is 1.89 bits per heavy atom. The molecule has 3 aromatic carbocycles. The van der Waals surface area contributed by atoms with Crippen LogP contribution in [0.15, 0.2) is 78.9 Å². The first-order chi connectivity index (χ1) is 13.7. The van der Waals surface area contributed by atoms with E-state index in [9.17, 15) is 5.11 Å². The second kappa shape index (κ2) is 9.41. The maximum Gasteiger partial charge on any atom is 0.165 e. The van der Waals surface area contributed by atoms with E-state index in [1.807, 2.05) is 78.9 Å². The summed E-state index contributed by atoms with van der Waals surface area (Å²) in [7, 11) is 4.56. The molecule has 0 aliphatic rings. The third-order valence-electron chi connectivity index (χ3n) is 5.02. The molecule has 0 saturated carbocycles. The molecule has 0 aliphatic carbocycles. The van der Waals surface area contributed by atoms with E-state index in [1.165, 1.54) is 10.8 Å². The van der Waals surface area contributed by atoms with Crippen molar-refractivity contribution in [1.29, 1.82) is 0 Å². The van der Waals surface area contributed by atoms with E-state index >= 15 is 0 Å². The van der Waals surface area contributed by atoms with E-state index in [1.54, 1.807) is 14.2 Å². The van der Waals surface area contributed by atoms with E-state index in [-0.39, 0.29) is 0 Å². The lowest BCUT2D eigenvalue weighted by Crippen LogP contribution is -2.43. The lowest BCUT2D eigenvalue weighted by atomic mass is 9.65. The van der Waals surface area contributed by atoms with Gasteiger partial charge in [0.15, 0.2) is 11.5 Å². The van der Waals surface area contributed by atoms with Crippen LogP contribution in [0, 0.1) is 0 Å². The van der Waals surface area contributed by atoms with Gasteiger partial charge in [0.05, 0.1) is 25.7 Å². The normalized spacial score (nSPS) is 12.4. The fourth-order valence-electron chi connectivity index (χ4n) is 3.84. The quantitative estimate of drug-likeness (QED) is 0.311. The maximum atomic E-state index is 11.5. The molecule has 0 amide bonds. The van der Waals surface area contributed by atoms with Gasteiger partial charge in [-0.05, 0) is 17.2 Å². The van der Waals surface area contributed by atoms with Crippen LogP contribution < -0.4 is 9.47 Å². The van der Waals surface area contributed by atoms with Crippen LogP contribution in [0.5, 0.6) is 11.5 Å². The van der Waals surface area contributed by atoms with Crippen molar-refractivity contribution in [2.75, 3.05) is 20.0 Å². The van der Waals surface area contributed by atoms with Gasteiger partial charge in [-0.2, -0.15) is 0 Å². The zero-order chi connectivity index (χ0) is 20.0. The summed E-state index contributed by atoms with van der Waals surface area (Å²) in [6.07, 6.45) is -0.749. The van der Waals surface area contributed by atoms with Crippen molar-refractivity contribution < 1.29 is 14.6 Å². The number of hydrogen-bond donors (Lipinski definition) is 2. The minimum atomic E-state index is -0.849. The van der Waals surface area contributed by atoms with E-state index in [0.29, 0.717) is 17.3 Å². The minimum Gasteiger partial charge on any atom is -0.493 e. The Labute approximate surface area is 175 Å². The minimum absolute atomic E-state index is 0.438. The molecule has 146 valence electrons. The zero-order valence-electron chi connectivity index (χ0n) is 15.9. The number of aliphatic hydroxyl groups excluding tert-OH is 1. The van der Waals surface area contributed by atoms with E-state index in [0.717, 1.165) is 16.7 Å². The molecule has 0 radical (unpaired) electrons.